The SMILES string of the molecule is Cc1ccc(C(=O)NCC(=O)Nc2ccc(OC(F)F)cc2)cc1C. The fourth-order valence-corrected chi connectivity index (χ4v) is 2.07. The highest BCUT2D eigenvalue weighted by molar-refractivity contribution is 5.99. The minimum Gasteiger partial charge on any atom is -0.435 e. The number of amides is 2. The molecular formula is C18H18F2N2O3. The third-order valence-corrected chi connectivity index (χ3v) is 3.54. The van der Waals surface area contributed by atoms with Crippen molar-refractivity contribution in [2.24, 2.45) is 0 Å². The summed E-state index contributed by atoms with van der Waals surface area (Å²) in [6.45, 7) is 0.740. The van der Waals surface area contributed by atoms with Gasteiger partial charge >= 0.3 is 6.61 Å². The summed E-state index contributed by atoms with van der Waals surface area (Å²) in [6.07, 6.45) is 0. The van der Waals surface area contributed by atoms with E-state index in [9.17, 15) is 18.4 Å². The van der Waals surface area contributed by atoms with Gasteiger partial charge in [0.15, 0.2) is 0 Å². The van der Waals surface area contributed by atoms with Gasteiger partial charge in [-0.3, -0.25) is 9.59 Å². The lowest BCUT2D eigenvalue weighted by atomic mass is 10.1. The molecule has 0 atom stereocenters. The van der Waals surface area contributed by atoms with E-state index < -0.39 is 12.5 Å². The van der Waals surface area contributed by atoms with Crippen LogP contribution in [-0.4, -0.2) is 25.0 Å². The maximum Gasteiger partial charge on any atom is 0.387 e. The van der Waals surface area contributed by atoms with Crippen LogP contribution in [0.2, 0.25) is 0 Å². The average Bonchev–Trinajstić information content (AvgIpc) is 2.56. The molecule has 0 fully saturated rings. The first kappa shape index (κ1) is 18.4. The number of rotatable bonds is 6. The molecule has 0 saturated carbocycles. The van der Waals surface area contributed by atoms with E-state index in [0.717, 1.165) is 11.1 Å². The van der Waals surface area contributed by atoms with Gasteiger partial charge in [0.25, 0.3) is 5.91 Å². The molecule has 0 heterocycles. The summed E-state index contributed by atoms with van der Waals surface area (Å²) in [6, 6.07) is 10.8. The molecule has 2 aromatic rings. The molecule has 0 spiro atoms. The summed E-state index contributed by atoms with van der Waals surface area (Å²) in [5, 5.41) is 5.08. The van der Waals surface area contributed by atoms with Crippen LogP contribution in [0.3, 0.4) is 0 Å². The predicted molar refractivity (Wildman–Crippen MR) is 90.0 cm³/mol. The second kappa shape index (κ2) is 8.23. The Labute approximate surface area is 144 Å². The van der Waals surface area contributed by atoms with Crippen molar-refractivity contribution < 1.29 is 23.1 Å². The van der Waals surface area contributed by atoms with Crippen molar-refractivity contribution in [3.8, 4) is 5.75 Å². The number of carbonyl (C=O) groups excluding carboxylic acids is 2. The van der Waals surface area contributed by atoms with E-state index in [0.29, 0.717) is 11.3 Å². The normalized spacial score (nSPS) is 10.4. The third kappa shape index (κ3) is 5.56. The molecule has 0 aromatic heterocycles. The summed E-state index contributed by atoms with van der Waals surface area (Å²) in [5.41, 5.74) is 2.95. The van der Waals surface area contributed by atoms with E-state index in [1.54, 1.807) is 12.1 Å². The number of halogens is 2. The highest BCUT2D eigenvalue weighted by Crippen LogP contribution is 2.17. The Balaban J connectivity index is 1.85. The second-order valence-electron chi connectivity index (χ2n) is 5.43. The Kier molecular flexibility index (Phi) is 6.05. The lowest BCUT2D eigenvalue weighted by Gasteiger charge is -2.09. The number of ether oxygens (including phenoxy) is 1. The van der Waals surface area contributed by atoms with Crippen molar-refractivity contribution in [2.75, 3.05) is 11.9 Å². The molecule has 2 amide bonds. The molecule has 2 rings (SSSR count). The average molecular weight is 348 g/mol. The Morgan fingerprint density at radius 3 is 2.32 bits per heavy atom. The number of alkyl halides is 2. The van der Waals surface area contributed by atoms with Crippen molar-refractivity contribution in [3.63, 3.8) is 0 Å². The fourth-order valence-electron chi connectivity index (χ4n) is 2.07. The second-order valence-corrected chi connectivity index (χ2v) is 5.43. The monoisotopic (exact) mass is 348 g/mol. The van der Waals surface area contributed by atoms with Gasteiger partial charge in [-0.25, -0.2) is 0 Å². The predicted octanol–water partition coefficient (Wildman–Crippen LogP) is 3.27. The van der Waals surface area contributed by atoms with Gasteiger partial charge in [-0.1, -0.05) is 6.07 Å². The molecular weight excluding hydrogens is 330 g/mol. The zero-order valence-corrected chi connectivity index (χ0v) is 13.8. The molecule has 25 heavy (non-hydrogen) atoms. The van der Waals surface area contributed by atoms with Crippen LogP contribution in [0, 0.1) is 13.8 Å². The van der Waals surface area contributed by atoms with E-state index in [1.165, 1.54) is 24.3 Å². The summed E-state index contributed by atoms with van der Waals surface area (Å²) in [4.78, 5) is 23.9. The smallest absolute Gasteiger partial charge is 0.387 e. The van der Waals surface area contributed by atoms with Crippen LogP contribution in [0.1, 0.15) is 21.5 Å². The quantitative estimate of drug-likeness (QED) is 0.842. The summed E-state index contributed by atoms with van der Waals surface area (Å²) in [5.74, 6) is -0.783. The lowest BCUT2D eigenvalue weighted by molar-refractivity contribution is -0.115. The first-order valence-corrected chi connectivity index (χ1v) is 7.55. The molecule has 2 N–H and O–H groups in total. The Bertz CT molecular complexity index is 761. The standard InChI is InChI=1S/C18H18F2N2O3/c1-11-3-4-13(9-12(11)2)17(24)21-10-16(23)22-14-5-7-15(8-6-14)25-18(19)20/h3-9,18H,10H2,1-2H3,(H,21,24)(H,22,23). The van der Waals surface area contributed by atoms with Crippen molar-refractivity contribution >= 4 is 17.5 Å². The molecule has 5 nitrogen and oxygen atoms in total. The molecule has 7 heteroatoms. The topological polar surface area (TPSA) is 67.4 Å². The summed E-state index contributed by atoms with van der Waals surface area (Å²) < 4.78 is 28.3. The van der Waals surface area contributed by atoms with Crippen LogP contribution in [0.15, 0.2) is 42.5 Å². The minimum absolute atomic E-state index is 0.00366. The van der Waals surface area contributed by atoms with Gasteiger partial charge in [0.2, 0.25) is 5.91 Å². The summed E-state index contributed by atoms with van der Waals surface area (Å²) >= 11 is 0. The van der Waals surface area contributed by atoms with Gasteiger partial charge in [-0.15, -0.1) is 0 Å². The number of benzene rings is 2. The number of hydrogen-bond acceptors (Lipinski definition) is 3. The molecule has 0 radical (unpaired) electrons. The van der Waals surface area contributed by atoms with Crippen molar-refractivity contribution in [3.05, 3.63) is 59.2 Å². The van der Waals surface area contributed by atoms with Crippen LogP contribution in [-0.2, 0) is 4.79 Å². The van der Waals surface area contributed by atoms with E-state index in [-0.39, 0.29) is 18.2 Å². The number of aryl methyl sites for hydroxylation is 2. The van der Waals surface area contributed by atoms with Crippen LogP contribution in [0.4, 0.5) is 14.5 Å². The van der Waals surface area contributed by atoms with Crippen molar-refractivity contribution in [2.45, 2.75) is 20.5 Å². The van der Waals surface area contributed by atoms with E-state index in [2.05, 4.69) is 15.4 Å². The number of carbonyl (C=O) groups is 2. The number of anilines is 1. The number of nitrogens with one attached hydrogen (secondary N) is 2. The van der Waals surface area contributed by atoms with Crippen LogP contribution in [0.5, 0.6) is 5.75 Å². The molecule has 132 valence electrons. The van der Waals surface area contributed by atoms with E-state index in [4.69, 9.17) is 0 Å². The highest BCUT2D eigenvalue weighted by atomic mass is 19.3. The molecule has 0 aliphatic carbocycles. The molecule has 0 unspecified atom stereocenters. The largest absolute Gasteiger partial charge is 0.435 e. The van der Waals surface area contributed by atoms with Crippen LogP contribution < -0.4 is 15.4 Å². The fraction of sp³-hybridized carbons (Fsp3) is 0.222. The van der Waals surface area contributed by atoms with Crippen molar-refractivity contribution in [1.82, 2.24) is 5.32 Å². The minimum atomic E-state index is -2.90. The first-order chi connectivity index (χ1) is 11.8. The molecule has 0 bridgehead atoms. The van der Waals surface area contributed by atoms with Crippen LogP contribution >= 0.6 is 0 Å². The Hall–Kier alpha value is -2.96. The Morgan fingerprint density at radius 1 is 1.04 bits per heavy atom. The zero-order valence-electron chi connectivity index (χ0n) is 13.8. The van der Waals surface area contributed by atoms with Crippen molar-refractivity contribution in [1.29, 1.82) is 0 Å². The summed E-state index contributed by atoms with van der Waals surface area (Å²) in [7, 11) is 0. The number of hydrogen-bond donors (Lipinski definition) is 2. The molecule has 0 saturated heterocycles. The molecule has 0 aliphatic heterocycles. The van der Waals surface area contributed by atoms with Crippen LogP contribution in [0.25, 0.3) is 0 Å². The van der Waals surface area contributed by atoms with Gasteiger partial charge < -0.3 is 15.4 Å². The third-order valence-electron chi connectivity index (χ3n) is 3.54. The highest BCUT2D eigenvalue weighted by Gasteiger charge is 2.10. The van der Waals surface area contributed by atoms with Gasteiger partial charge in [-0.05, 0) is 61.4 Å². The zero-order chi connectivity index (χ0) is 18.4. The van der Waals surface area contributed by atoms with Gasteiger partial charge in [0.1, 0.15) is 5.75 Å². The molecule has 0 aliphatic rings. The van der Waals surface area contributed by atoms with Gasteiger partial charge in [-0.2, -0.15) is 8.78 Å². The van der Waals surface area contributed by atoms with E-state index in [1.807, 2.05) is 19.9 Å². The van der Waals surface area contributed by atoms with Gasteiger partial charge in [0.05, 0.1) is 6.54 Å². The first-order valence-electron chi connectivity index (χ1n) is 7.55. The maximum absolute atomic E-state index is 12.1. The van der Waals surface area contributed by atoms with E-state index >= 15 is 0 Å². The maximum atomic E-state index is 12.1. The molecule has 2 aromatic carbocycles. The Morgan fingerprint density at radius 2 is 1.72 bits per heavy atom. The van der Waals surface area contributed by atoms with Gasteiger partial charge in [0, 0.05) is 11.3 Å². The lowest BCUT2D eigenvalue weighted by Crippen LogP contribution is -2.32.